The third-order valence-electron chi connectivity index (χ3n) is 6.14. The van der Waals surface area contributed by atoms with Gasteiger partial charge in [-0.2, -0.15) is 5.26 Å². The van der Waals surface area contributed by atoms with Gasteiger partial charge >= 0.3 is 0 Å². The largest absolute Gasteiger partial charge is 0.338 e. The number of hydrogen-bond donors (Lipinski definition) is 1. The zero-order valence-electron chi connectivity index (χ0n) is 20.2. The lowest BCUT2D eigenvalue weighted by atomic mass is 9.97. The number of carbonyl (C=O) groups is 2. The van der Waals surface area contributed by atoms with Crippen LogP contribution < -0.4 is 5.32 Å². The van der Waals surface area contributed by atoms with Crippen molar-refractivity contribution >= 4 is 39.1 Å². The van der Waals surface area contributed by atoms with Crippen molar-refractivity contribution < 1.29 is 9.59 Å². The van der Waals surface area contributed by atoms with E-state index in [-0.39, 0.29) is 11.8 Å². The van der Waals surface area contributed by atoms with Crippen LogP contribution in [-0.2, 0) is 0 Å². The molecule has 0 radical (unpaired) electrons. The number of pyridine rings is 1. The molecule has 4 rings (SSSR count). The fourth-order valence-corrected chi connectivity index (χ4v) is 5.36. The van der Waals surface area contributed by atoms with Gasteiger partial charge in [-0.05, 0) is 44.9 Å². The predicted octanol–water partition coefficient (Wildman–Crippen LogP) is 6.19. The van der Waals surface area contributed by atoms with Crippen molar-refractivity contribution in [3.8, 4) is 17.3 Å². The highest BCUT2D eigenvalue weighted by molar-refractivity contribution is 7.18. The third kappa shape index (κ3) is 4.41. The van der Waals surface area contributed by atoms with E-state index in [0.717, 1.165) is 33.5 Å². The van der Waals surface area contributed by atoms with Crippen LogP contribution in [0.2, 0.25) is 0 Å². The summed E-state index contributed by atoms with van der Waals surface area (Å²) in [6.07, 6.45) is 0. The minimum absolute atomic E-state index is 0.133. The van der Waals surface area contributed by atoms with Gasteiger partial charge in [0.25, 0.3) is 11.8 Å². The summed E-state index contributed by atoms with van der Waals surface area (Å²) in [5.41, 5.74) is 4.52. The van der Waals surface area contributed by atoms with Gasteiger partial charge in [0.1, 0.15) is 11.1 Å². The molecule has 0 saturated heterocycles. The fraction of sp³-hybridized carbons (Fsp3) is 0.214. The Morgan fingerprint density at radius 3 is 2.31 bits per heavy atom. The van der Waals surface area contributed by atoms with Gasteiger partial charge < -0.3 is 10.2 Å². The molecule has 0 bridgehead atoms. The number of carbonyl (C=O) groups excluding carboxylic acids is 2. The Hall–Kier alpha value is -4.02. The number of nitrogens with one attached hydrogen (secondary N) is 1. The Morgan fingerprint density at radius 1 is 1.00 bits per heavy atom. The lowest BCUT2D eigenvalue weighted by Gasteiger charge is -2.17. The molecule has 176 valence electrons. The molecule has 4 aromatic rings. The van der Waals surface area contributed by atoms with Crippen molar-refractivity contribution in [2.75, 3.05) is 18.4 Å². The van der Waals surface area contributed by atoms with Gasteiger partial charge in [0.05, 0.1) is 27.2 Å². The number of amides is 2. The molecule has 1 N–H and O–H groups in total. The summed E-state index contributed by atoms with van der Waals surface area (Å²) in [5, 5.41) is 13.9. The van der Waals surface area contributed by atoms with Gasteiger partial charge in [-0.25, -0.2) is 4.98 Å². The summed E-state index contributed by atoms with van der Waals surface area (Å²) in [5.74, 6) is -0.468. The van der Waals surface area contributed by atoms with Crippen LogP contribution in [0.3, 0.4) is 0 Å². The normalized spacial score (nSPS) is 10.7. The van der Waals surface area contributed by atoms with Crippen LogP contribution in [0.4, 0.5) is 5.00 Å². The van der Waals surface area contributed by atoms with E-state index in [0.29, 0.717) is 45.2 Å². The molecule has 0 aliphatic rings. The van der Waals surface area contributed by atoms with Crippen LogP contribution in [0.15, 0.2) is 54.6 Å². The molecule has 0 spiro atoms. The van der Waals surface area contributed by atoms with E-state index < -0.39 is 0 Å². The molecule has 6 nitrogen and oxygen atoms in total. The first-order valence-corrected chi connectivity index (χ1v) is 12.3. The minimum atomic E-state index is -0.335. The van der Waals surface area contributed by atoms with Gasteiger partial charge in [-0.1, -0.05) is 48.5 Å². The first-order valence-electron chi connectivity index (χ1n) is 11.5. The van der Waals surface area contributed by atoms with Crippen molar-refractivity contribution in [1.82, 2.24) is 9.88 Å². The van der Waals surface area contributed by atoms with E-state index in [9.17, 15) is 14.9 Å². The Balaban J connectivity index is 1.82. The van der Waals surface area contributed by atoms with E-state index in [1.165, 1.54) is 0 Å². The Bertz CT molecular complexity index is 1460. The number of aromatic nitrogens is 1. The van der Waals surface area contributed by atoms with Crippen molar-refractivity contribution in [1.29, 1.82) is 5.26 Å². The number of fused-ring (bicyclic) bond motifs is 1. The molecule has 35 heavy (non-hydrogen) atoms. The average molecular weight is 483 g/mol. The number of rotatable bonds is 6. The SMILES string of the molecule is CCN(CC)C(=O)c1sc(NC(=O)c2c(C)c(-c3ccccc3)nc3ccccc23)c(C#N)c1C. The van der Waals surface area contributed by atoms with Gasteiger partial charge in [0.15, 0.2) is 0 Å². The maximum atomic E-state index is 13.7. The van der Waals surface area contributed by atoms with Crippen molar-refractivity contribution in [3.63, 3.8) is 0 Å². The smallest absolute Gasteiger partial charge is 0.264 e. The van der Waals surface area contributed by atoms with E-state index in [4.69, 9.17) is 4.98 Å². The third-order valence-corrected chi connectivity index (χ3v) is 7.34. The second kappa shape index (κ2) is 10.1. The molecule has 2 heterocycles. The van der Waals surface area contributed by atoms with Crippen LogP contribution in [0.1, 0.15) is 50.6 Å². The number of benzene rings is 2. The molecule has 0 unspecified atom stereocenters. The second-order valence-electron chi connectivity index (χ2n) is 8.15. The lowest BCUT2D eigenvalue weighted by Crippen LogP contribution is -2.30. The summed E-state index contributed by atoms with van der Waals surface area (Å²) >= 11 is 1.15. The van der Waals surface area contributed by atoms with Crippen molar-refractivity contribution in [3.05, 3.63) is 81.7 Å². The molecule has 0 aliphatic carbocycles. The van der Waals surface area contributed by atoms with Gasteiger partial charge in [-0.15, -0.1) is 11.3 Å². The maximum absolute atomic E-state index is 13.7. The molecular weight excluding hydrogens is 456 g/mol. The molecule has 2 amide bonds. The van der Waals surface area contributed by atoms with Crippen molar-refractivity contribution in [2.24, 2.45) is 0 Å². The van der Waals surface area contributed by atoms with Crippen LogP contribution in [-0.4, -0.2) is 34.8 Å². The van der Waals surface area contributed by atoms with Crippen LogP contribution in [0.25, 0.3) is 22.2 Å². The van der Waals surface area contributed by atoms with Crippen LogP contribution in [0.5, 0.6) is 0 Å². The number of thiophene rings is 1. The predicted molar refractivity (Wildman–Crippen MR) is 141 cm³/mol. The summed E-state index contributed by atoms with van der Waals surface area (Å²) in [7, 11) is 0. The highest BCUT2D eigenvalue weighted by Crippen LogP contribution is 2.35. The van der Waals surface area contributed by atoms with Crippen LogP contribution in [0, 0.1) is 25.2 Å². The summed E-state index contributed by atoms with van der Waals surface area (Å²) in [4.78, 5) is 33.7. The molecule has 0 fully saturated rings. The molecule has 2 aromatic carbocycles. The zero-order valence-corrected chi connectivity index (χ0v) is 21.0. The molecule has 0 saturated carbocycles. The Labute approximate surface area is 208 Å². The standard InChI is InChI=1S/C28H26N4O2S/c1-5-32(6-2)28(34)25-17(3)21(16-29)27(35-25)31-26(33)23-18(4)24(19-12-8-7-9-13-19)30-22-15-11-10-14-20(22)23/h7-15H,5-6H2,1-4H3,(H,31,33). The Kier molecular flexibility index (Phi) is 6.94. The molecular formula is C28H26N4O2S. The van der Waals surface area contributed by atoms with E-state index in [1.807, 2.05) is 75.4 Å². The van der Waals surface area contributed by atoms with E-state index >= 15 is 0 Å². The quantitative estimate of drug-likeness (QED) is 0.355. The molecule has 0 atom stereocenters. The van der Waals surface area contributed by atoms with Crippen molar-refractivity contribution in [2.45, 2.75) is 27.7 Å². The lowest BCUT2D eigenvalue weighted by molar-refractivity contribution is 0.0777. The summed E-state index contributed by atoms with van der Waals surface area (Å²) in [6, 6.07) is 19.4. The van der Waals surface area contributed by atoms with Crippen LogP contribution >= 0.6 is 11.3 Å². The number of hydrogen-bond acceptors (Lipinski definition) is 5. The second-order valence-corrected chi connectivity index (χ2v) is 9.17. The van der Waals surface area contributed by atoms with Gasteiger partial charge in [0.2, 0.25) is 0 Å². The van der Waals surface area contributed by atoms with E-state index in [2.05, 4.69) is 11.4 Å². The number of anilines is 1. The Morgan fingerprint density at radius 2 is 1.66 bits per heavy atom. The zero-order chi connectivity index (χ0) is 25.1. The molecule has 0 aliphatic heterocycles. The fourth-order valence-electron chi connectivity index (χ4n) is 4.24. The monoisotopic (exact) mass is 482 g/mol. The number of nitriles is 1. The topological polar surface area (TPSA) is 86.1 Å². The minimum Gasteiger partial charge on any atom is -0.338 e. The first kappa shape index (κ1) is 24.1. The van der Waals surface area contributed by atoms with Gasteiger partial charge in [-0.3, -0.25) is 9.59 Å². The van der Waals surface area contributed by atoms with Gasteiger partial charge in [0, 0.05) is 24.0 Å². The number of nitrogens with zero attached hydrogens (tertiary/aromatic N) is 3. The maximum Gasteiger partial charge on any atom is 0.264 e. The summed E-state index contributed by atoms with van der Waals surface area (Å²) < 4.78 is 0. The van der Waals surface area contributed by atoms with E-state index in [1.54, 1.807) is 11.8 Å². The highest BCUT2D eigenvalue weighted by Gasteiger charge is 2.26. The molecule has 2 aromatic heterocycles. The highest BCUT2D eigenvalue weighted by atomic mass is 32.1. The summed E-state index contributed by atoms with van der Waals surface area (Å²) in [6.45, 7) is 8.61. The first-order chi connectivity index (χ1) is 16.9. The average Bonchev–Trinajstić information content (AvgIpc) is 3.19. The number of para-hydroxylation sites is 1. The molecule has 7 heteroatoms.